The number of hydrogen-bond acceptors (Lipinski definition) is 7. The summed E-state index contributed by atoms with van der Waals surface area (Å²) in [5, 5.41) is 5.90. The minimum Gasteiger partial charge on any atom is -0.378 e. The van der Waals surface area contributed by atoms with Crippen LogP contribution in [-0.4, -0.2) is 61.0 Å². The average molecular weight is 399 g/mol. The topological polar surface area (TPSA) is 131 Å². The molecule has 2 N–H and O–H groups in total. The molecule has 1 heterocycles. The summed E-state index contributed by atoms with van der Waals surface area (Å²) in [5.74, 6) is -1.73. The quantitative estimate of drug-likeness (QED) is 0.315. The van der Waals surface area contributed by atoms with Crippen molar-refractivity contribution < 1.29 is 33.5 Å². The van der Waals surface area contributed by atoms with Gasteiger partial charge in [0, 0.05) is 45.7 Å². The highest BCUT2D eigenvalue weighted by Crippen LogP contribution is 2.13. The van der Waals surface area contributed by atoms with Crippen LogP contribution >= 0.6 is 0 Å². The van der Waals surface area contributed by atoms with Crippen LogP contribution in [0.3, 0.4) is 0 Å². The maximum Gasteiger partial charge on any atom is 0.333 e. The van der Waals surface area contributed by atoms with E-state index in [-0.39, 0.29) is 31.1 Å². The molecule has 4 amide bonds. The summed E-state index contributed by atoms with van der Waals surface area (Å²) in [6.07, 6.45) is 3.49. The van der Waals surface area contributed by atoms with Crippen LogP contribution < -0.4 is 10.6 Å². The van der Waals surface area contributed by atoms with Gasteiger partial charge in [0.2, 0.25) is 11.8 Å². The van der Waals surface area contributed by atoms with Crippen molar-refractivity contribution in [1.29, 1.82) is 0 Å². The van der Waals surface area contributed by atoms with Crippen molar-refractivity contribution in [3.8, 4) is 0 Å². The molecule has 0 unspecified atom stereocenters. The van der Waals surface area contributed by atoms with Gasteiger partial charge in [-0.25, -0.2) is 4.79 Å². The van der Waals surface area contributed by atoms with Crippen LogP contribution in [0.5, 0.6) is 0 Å². The van der Waals surface area contributed by atoms with Crippen molar-refractivity contribution in [2.75, 3.05) is 26.3 Å². The standard InChI is InChI=1S/C18H29N3O7/c1-14(22)19-10-12-27-13-11-20-15(23)6-4-2-3-5-7-18(26)28-21-16(24)8-9-17(21)25/h2-13H2,1H3,(H,19,22)(H,20,23). The first-order valence-electron chi connectivity index (χ1n) is 9.55. The van der Waals surface area contributed by atoms with Crippen LogP contribution in [0.4, 0.5) is 0 Å². The molecule has 1 aliphatic rings. The van der Waals surface area contributed by atoms with E-state index < -0.39 is 17.8 Å². The third-order valence-electron chi connectivity index (χ3n) is 3.92. The van der Waals surface area contributed by atoms with Crippen LogP contribution in [0, 0.1) is 0 Å². The zero-order chi connectivity index (χ0) is 20.8. The van der Waals surface area contributed by atoms with Crippen molar-refractivity contribution >= 4 is 29.6 Å². The Morgan fingerprint density at radius 3 is 2.07 bits per heavy atom. The van der Waals surface area contributed by atoms with Gasteiger partial charge in [-0.05, 0) is 12.8 Å². The van der Waals surface area contributed by atoms with Gasteiger partial charge in [-0.15, -0.1) is 5.06 Å². The number of carbonyl (C=O) groups excluding carboxylic acids is 5. The first-order chi connectivity index (χ1) is 13.4. The number of nitrogens with one attached hydrogen (secondary N) is 2. The van der Waals surface area contributed by atoms with Crippen LogP contribution in [0.15, 0.2) is 0 Å². The normalized spacial score (nSPS) is 13.5. The summed E-state index contributed by atoms with van der Waals surface area (Å²) in [7, 11) is 0. The van der Waals surface area contributed by atoms with Gasteiger partial charge < -0.3 is 20.2 Å². The number of hydroxylamine groups is 2. The molecule has 1 aliphatic heterocycles. The van der Waals surface area contributed by atoms with Crippen LogP contribution in [-0.2, 0) is 33.5 Å². The molecule has 158 valence electrons. The minimum atomic E-state index is -0.597. The Morgan fingerprint density at radius 2 is 1.46 bits per heavy atom. The zero-order valence-electron chi connectivity index (χ0n) is 16.3. The summed E-state index contributed by atoms with van der Waals surface area (Å²) < 4.78 is 5.26. The predicted molar refractivity (Wildman–Crippen MR) is 97.4 cm³/mol. The number of unbranched alkanes of at least 4 members (excludes halogenated alkanes) is 3. The lowest BCUT2D eigenvalue weighted by Crippen LogP contribution is -2.31. The number of carbonyl (C=O) groups is 5. The molecule has 0 bridgehead atoms. The third-order valence-corrected chi connectivity index (χ3v) is 3.92. The molecule has 0 spiro atoms. The second-order valence-corrected chi connectivity index (χ2v) is 6.40. The molecule has 0 aromatic carbocycles. The van der Waals surface area contributed by atoms with Gasteiger partial charge >= 0.3 is 5.97 Å². The summed E-state index contributed by atoms with van der Waals surface area (Å²) in [6, 6.07) is 0. The van der Waals surface area contributed by atoms with E-state index in [1.54, 1.807) is 0 Å². The van der Waals surface area contributed by atoms with E-state index >= 15 is 0 Å². The average Bonchev–Trinajstić information content (AvgIpc) is 2.95. The van der Waals surface area contributed by atoms with Crippen LogP contribution in [0.25, 0.3) is 0 Å². The Bertz CT molecular complexity index is 549. The number of hydrogen-bond donors (Lipinski definition) is 2. The molecule has 0 radical (unpaired) electrons. The molecule has 1 fully saturated rings. The van der Waals surface area contributed by atoms with E-state index in [0.29, 0.717) is 50.6 Å². The zero-order valence-corrected chi connectivity index (χ0v) is 16.3. The van der Waals surface area contributed by atoms with Gasteiger partial charge in [-0.2, -0.15) is 0 Å². The number of amides is 4. The predicted octanol–water partition coefficient (Wildman–Crippen LogP) is 0.203. The minimum absolute atomic E-state index is 0.0593. The molecule has 0 aromatic rings. The first-order valence-corrected chi connectivity index (χ1v) is 9.55. The lowest BCUT2D eigenvalue weighted by atomic mass is 10.1. The van der Waals surface area contributed by atoms with E-state index in [0.717, 1.165) is 12.8 Å². The van der Waals surface area contributed by atoms with E-state index in [9.17, 15) is 24.0 Å². The molecular formula is C18H29N3O7. The van der Waals surface area contributed by atoms with Crippen molar-refractivity contribution in [2.24, 2.45) is 0 Å². The molecule has 0 aromatic heterocycles. The molecular weight excluding hydrogens is 370 g/mol. The Balaban J connectivity index is 1.91. The largest absolute Gasteiger partial charge is 0.378 e. The smallest absolute Gasteiger partial charge is 0.333 e. The number of nitrogens with zero attached hydrogens (tertiary/aromatic N) is 1. The van der Waals surface area contributed by atoms with E-state index in [2.05, 4.69) is 10.6 Å². The van der Waals surface area contributed by atoms with Crippen LogP contribution in [0.2, 0.25) is 0 Å². The molecule has 0 atom stereocenters. The van der Waals surface area contributed by atoms with Gasteiger partial charge in [0.15, 0.2) is 0 Å². The number of rotatable bonds is 14. The van der Waals surface area contributed by atoms with Gasteiger partial charge in [0.05, 0.1) is 13.2 Å². The molecule has 1 rings (SSSR count). The van der Waals surface area contributed by atoms with Crippen molar-refractivity contribution in [3.63, 3.8) is 0 Å². The SMILES string of the molecule is CC(=O)NCCOCCNC(=O)CCCCCCC(=O)ON1C(=O)CCC1=O. The van der Waals surface area contributed by atoms with Crippen molar-refractivity contribution in [3.05, 3.63) is 0 Å². The van der Waals surface area contributed by atoms with Crippen molar-refractivity contribution in [1.82, 2.24) is 15.7 Å². The summed E-state index contributed by atoms with van der Waals surface area (Å²) in [4.78, 5) is 61.3. The fraction of sp³-hybridized carbons (Fsp3) is 0.722. The second kappa shape index (κ2) is 13.6. The molecule has 28 heavy (non-hydrogen) atoms. The fourth-order valence-corrected chi connectivity index (χ4v) is 2.47. The Labute approximate surface area is 164 Å². The fourth-order valence-electron chi connectivity index (χ4n) is 2.47. The first kappa shape index (κ1) is 23.5. The summed E-state index contributed by atoms with van der Waals surface area (Å²) in [6.45, 7) is 3.08. The monoisotopic (exact) mass is 399 g/mol. The van der Waals surface area contributed by atoms with Gasteiger partial charge in [0.1, 0.15) is 0 Å². The lowest BCUT2D eigenvalue weighted by Gasteiger charge is -2.12. The van der Waals surface area contributed by atoms with E-state index in [1.165, 1.54) is 6.92 Å². The van der Waals surface area contributed by atoms with E-state index in [4.69, 9.17) is 9.57 Å². The molecule has 10 heteroatoms. The number of imide groups is 1. The second-order valence-electron chi connectivity index (χ2n) is 6.40. The van der Waals surface area contributed by atoms with Gasteiger partial charge in [0.25, 0.3) is 11.8 Å². The molecule has 0 saturated carbocycles. The maximum absolute atomic E-state index is 11.6. The molecule has 1 saturated heterocycles. The lowest BCUT2D eigenvalue weighted by molar-refractivity contribution is -0.197. The number of ether oxygens (including phenoxy) is 1. The highest BCUT2D eigenvalue weighted by Gasteiger charge is 2.32. The Kier molecular flexibility index (Phi) is 11.5. The van der Waals surface area contributed by atoms with Crippen molar-refractivity contribution in [2.45, 2.75) is 58.3 Å². The van der Waals surface area contributed by atoms with E-state index in [1.807, 2.05) is 0 Å². The summed E-state index contributed by atoms with van der Waals surface area (Å²) >= 11 is 0. The highest BCUT2D eigenvalue weighted by molar-refractivity contribution is 6.01. The molecule has 0 aliphatic carbocycles. The third kappa shape index (κ3) is 10.6. The van der Waals surface area contributed by atoms with Gasteiger partial charge in [-0.3, -0.25) is 19.2 Å². The molecule has 10 nitrogen and oxygen atoms in total. The Morgan fingerprint density at radius 1 is 0.893 bits per heavy atom. The summed E-state index contributed by atoms with van der Waals surface area (Å²) in [5.41, 5.74) is 0. The van der Waals surface area contributed by atoms with Crippen LogP contribution in [0.1, 0.15) is 58.3 Å². The Hall–Kier alpha value is -2.49. The highest BCUT2D eigenvalue weighted by atomic mass is 16.7. The van der Waals surface area contributed by atoms with Gasteiger partial charge in [-0.1, -0.05) is 12.8 Å². The maximum atomic E-state index is 11.6.